The third-order valence-corrected chi connectivity index (χ3v) is 4.59. The van der Waals surface area contributed by atoms with Crippen molar-refractivity contribution in [2.45, 2.75) is 64.0 Å². The monoisotopic (exact) mass is 274 g/mol. The first kappa shape index (κ1) is 15.6. The van der Waals surface area contributed by atoms with Gasteiger partial charge in [-0.3, -0.25) is 9.00 Å². The van der Waals surface area contributed by atoms with Crippen LogP contribution in [-0.4, -0.2) is 33.7 Å². The molecule has 1 aliphatic carbocycles. The molecule has 0 bridgehead atoms. The van der Waals surface area contributed by atoms with E-state index in [1.165, 1.54) is 25.7 Å². The molecule has 5 heteroatoms. The smallest absolute Gasteiger partial charge is 0.232 e. The second-order valence-electron chi connectivity index (χ2n) is 5.31. The first-order valence-electron chi connectivity index (χ1n) is 6.98. The highest BCUT2D eigenvalue weighted by atomic mass is 32.2. The summed E-state index contributed by atoms with van der Waals surface area (Å²) >= 11 is 0. The average Bonchev–Trinajstić information content (AvgIpc) is 2.54. The van der Waals surface area contributed by atoms with Crippen molar-refractivity contribution in [3.63, 3.8) is 0 Å². The maximum Gasteiger partial charge on any atom is 0.232 e. The third-order valence-electron chi connectivity index (χ3n) is 3.31. The Morgan fingerprint density at radius 3 is 2.50 bits per heavy atom. The molecular weight excluding hydrogens is 248 g/mol. The van der Waals surface area contributed by atoms with Gasteiger partial charge in [-0.1, -0.05) is 25.7 Å². The lowest BCUT2D eigenvalue weighted by molar-refractivity contribution is -0.119. The highest BCUT2D eigenvalue weighted by molar-refractivity contribution is 7.85. The number of carbonyl (C=O) groups excluding carboxylic acids is 1. The lowest BCUT2D eigenvalue weighted by Crippen LogP contribution is -2.37. The summed E-state index contributed by atoms with van der Waals surface area (Å²) in [5.74, 6) is 0.587. The molecule has 0 aromatic rings. The van der Waals surface area contributed by atoms with E-state index < -0.39 is 10.8 Å². The molecule has 0 radical (unpaired) electrons. The van der Waals surface area contributed by atoms with Crippen LogP contribution in [-0.2, 0) is 15.6 Å². The van der Waals surface area contributed by atoms with Gasteiger partial charge in [-0.2, -0.15) is 0 Å². The summed E-state index contributed by atoms with van der Waals surface area (Å²) in [6.07, 6.45) is 7.77. The van der Waals surface area contributed by atoms with E-state index in [-0.39, 0.29) is 17.7 Å². The van der Waals surface area contributed by atoms with Crippen molar-refractivity contribution >= 4 is 16.7 Å². The number of nitrogens with one attached hydrogen (secondary N) is 1. The summed E-state index contributed by atoms with van der Waals surface area (Å²) in [5, 5.41) is 3.01. The Morgan fingerprint density at radius 1 is 1.33 bits per heavy atom. The van der Waals surface area contributed by atoms with Crippen molar-refractivity contribution in [2.24, 2.45) is 5.73 Å². The minimum Gasteiger partial charge on any atom is -0.353 e. The molecule has 0 aromatic carbocycles. The molecule has 0 saturated heterocycles. The first-order valence-corrected chi connectivity index (χ1v) is 8.46. The lowest BCUT2D eigenvalue weighted by atomic mass is 10.1. The molecule has 0 aliphatic heterocycles. The van der Waals surface area contributed by atoms with Crippen molar-refractivity contribution in [2.75, 3.05) is 11.5 Å². The van der Waals surface area contributed by atoms with Gasteiger partial charge >= 0.3 is 0 Å². The van der Waals surface area contributed by atoms with Crippen LogP contribution in [0.2, 0.25) is 0 Å². The van der Waals surface area contributed by atoms with E-state index in [2.05, 4.69) is 5.32 Å². The molecule has 18 heavy (non-hydrogen) atoms. The SMILES string of the molecule is CC(N)CCS(=O)CC(=O)NC1CCCCCC1. The zero-order valence-electron chi connectivity index (χ0n) is 11.3. The van der Waals surface area contributed by atoms with E-state index in [1.54, 1.807) is 0 Å². The van der Waals surface area contributed by atoms with Crippen LogP contribution < -0.4 is 11.1 Å². The summed E-state index contributed by atoms with van der Waals surface area (Å²) in [5.41, 5.74) is 5.60. The maximum atomic E-state index is 11.7. The zero-order chi connectivity index (χ0) is 13.4. The zero-order valence-corrected chi connectivity index (χ0v) is 12.1. The van der Waals surface area contributed by atoms with E-state index in [4.69, 9.17) is 5.73 Å². The Bertz CT molecular complexity index is 274. The summed E-state index contributed by atoms with van der Waals surface area (Å²) < 4.78 is 11.7. The molecule has 1 aliphatic rings. The van der Waals surface area contributed by atoms with Gasteiger partial charge in [0.2, 0.25) is 5.91 Å². The van der Waals surface area contributed by atoms with Crippen molar-refractivity contribution in [3.05, 3.63) is 0 Å². The molecule has 2 atom stereocenters. The molecule has 0 aromatic heterocycles. The second kappa shape index (κ2) is 8.64. The normalized spacial score (nSPS) is 21.0. The fourth-order valence-electron chi connectivity index (χ4n) is 2.23. The minimum absolute atomic E-state index is 0.0545. The van der Waals surface area contributed by atoms with Crippen LogP contribution in [0.25, 0.3) is 0 Å². The van der Waals surface area contributed by atoms with E-state index >= 15 is 0 Å². The largest absolute Gasteiger partial charge is 0.353 e. The van der Waals surface area contributed by atoms with Crippen molar-refractivity contribution in [1.82, 2.24) is 5.32 Å². The third kappa shape index (κ3) is 7.11. The van der Waals surface area contributed by atoms with E-state index in [0.29, 0.717) is 18.2 Å². The topological polar surface area (TPSA) is 72.2 Å². The van der Waals surface area contributed by atoms with Crippen LogP contribution >= 0.6 is 0 Å². The summed E-state index contributed by atoms with van der Waals surface area (Å²) in [6, 6.07) is 0.351. The lowest BCUT2D eigenvalue weighted by Gasteiger charge is -2.16. The molecule has 3 N–H and O–H groups in total. The highest BCUT2D eigenvalue weighted by Gasteiger charge is 2.16. The Hall–Kier alpha value is -0.420. The van der Waals surface area contributed by atoms with Crippen molar-refractivity contribution in [1.29, 1.82) is 0 Å². The summed E-state index contributed by atoms with van der Waals surface area (Å²) in [4.78, 5) is 11.7. The quantitative estimate of drug-likeness (QED) is 0.717. The molecule has 4 nitrogen and oxygen atoms in total. The number of rotatable bonds is 6. The average molecular weight is 274 g/mol. The van der Waals surface area contributed by atoms with Gasteiger partial charge in [0.25, 0.3) is 0 Å². The molecule has 106 valence electrons. The minimum atomic E-state index is -1.07. The van der Waals surface area contributed by atoms with Gasteiger partial charge in [-0.15, -0.1) is 0 Å². The molecule has 1 amide bonds. The van der Waals surface area contributed by atoms with Crippen LogP contribution in [0.4, 0.5) is 0 Å². The predicted molar refractivity (Wildman–Crippen MR) is 75.8 cm³/mol. The van der Waals surface area contributed by atoms with Gasteiger partial charge in [0, 0.05) is 28.6 Å². The number of amides is 1. The summed E-state index contributed by atoms with van der Waals surface area (Å²) in [6.45, 7) is 1.89. The van der Waals surface area contributed by atoms with Gasteiger partial charge in [-0.05, 0) is 26.2 Å². The molecule has 2 unspecified atom stereocenters. The Morgan fingerprint density at radius 2 is 1.94 bits per heavy atom. The number of nitrogens with two attached hydrogens (primary N) is 1. The molecule has 0 spiro atoms. The summed E-state index contributed by atoms with van der Waals surface area (Å²) in [7, 11) is -1.07. The predicted octanol–water partition coefficient (Wildman–Crippen LogP) is 1.31. The standard InChI is InChI=1S/C13H26N2O2S/c1-11(14)8-9-18(17)10-13(16)15-12-6-4-2-3-5-7-12/h11-12H,2-10,14H2,1H3,(H,15,16). The van der Waals surface area contributed by atoms with Crippen LogP contribution in [0.3, 0.4) is 0 Å². The van der Waals surface area contributed by atoms with E-state index in [1.807, 2.05) is 6.92 Å². The first-order chi connectivity index (χ1) is 8.58. The van der Waals surface area contributed by atoms with Crippen LogP contribution in [0.1, 0.15) is 51.9 Å². The highest BCUT2D eigenvalue weighted by Crippen LogP contribution is 2.17. The van der Waals surface area contributed by atoms with E-state index in [9.17, 15) is 9.00 Å². The number of hydrogen-bond acceptors (Lipinski definition) is 3. The van der Waals surface area contributed by atoms with Crippen molar-refractivity contribution < 1.29 is 9.00 Å². The van der Waals surface area contributed by atoms with Gasteiger partial charge in [-0.25, -0.2) is 0 Å². The van der Waals surface area contributed by atoms with Gasteiger partial charge in [0.1, 0.15) is 5.75 Å². The van der Waals surface area contributed by atoms with Gasteiger partial charge in [0.05, 0.1) is 0 Å². The molecule has 1 rings (SSSR count). The fraction of sp³-hybridized carbons (Fsp3) is 0.923. The molecular formula is C13H26N2O2S. The molecule has 0 heterocycles. The van der Waals surface area contributed by atoms with Gasteiger partial charge in [0.15, 0.2) is 0 Å². The van der Waals surface area contributed by atoms with Crippen LogP contribution in [0.15, 0.2) is 0 Å². The Balaban J connectivity index is 2.21. The Labute approximate surface area is 113 Å². The fourth-order valence-corrected chi connectivity index (χ4v) is 3.38. The van der Waals surface area contributed by atoms with Crippen molar-refractivity contribution in [3.8, 4) is 0 Å². The number of hydrogen-bond donors (Lipinski definition) is 2. The van der Waals surface area contributed by atoms with Crippen LogP contribution in [0, 0.1) is 0 Å². The Kier molecular flexibility index (Phi) is 7.51. The molecule has 1 fully saturated rings. The van der Waals surface area contributed by atoms with Gasteiger partial charge < -0.3 is 11.1 Å². The maximum absolute atomic E-state index is 11.7. The van der Waals surface area contributed by atoms with Crippen LogP contribution in [0.5, 0.6) is 0 Å². The second-order valence-corrected chi connectivity index (χ2v) is 6.89. The van der Waals surface area contributed by atoms with E-state index in [0.717, 1.165) is 12.8 Å². The number of carbonyl (C=O) groups is 1. The molecule has 1 saturated carbocycles.